The Bertz CT molecular complexity index is 1380. The molecule has 1 aromatic rings. The molecule has 23 nitrogen and oxygen atoms in total. The van der Waals surface area contributed by atoms with Crippen LogP contribution < -0.4 is 11.2 Å². The number of phosphoric ester groups is 2. The minimum atomic E-state index is -5.78. The Balaban J connectivity index is 1.67. The maximum atomic E-state index is 12.2. The number of phosphoric acid groups is 2. The number of aliphatic hydroxyl groups excluding tert-OH is 5. The number of azide groups is 1. The van der Waals surface area contributed by atoms with Crippen molar-refractivity contribution in [2.24, 2.45) is 5.11 Å². The zero-order valence-electron chi connectivity index (χ0n) is 19.3. The Hall–Kier alpha value is -2.56. The van der Waals surface area contributed by atoms with Gasteiger partial charge in [-0.1, -0.05) is 5.11 Å². The molecule has 0 aliphatic carbocycles. The number of carboxylic acid groups (broad SMARTS) is 1. The molecule has 9 N–H and O–H groups in total. The smallest absolute Gasteiger partial charge is 0.479 e. The van der Waals surface area contributed by atoms with Gasteiger partial charge in [-0.25, -0.2) is 18.7 Å². The number of aliphatic hydroxyl groups is 5. The summed E-state index contributed by atoms with van der Waals surface area (Å²) in [6.07, 6.45) is -18.1. The molecule has 0 radical (unpaired) electrons. The SMILES string of the molecule is [N-]=[N+]=Nc1cn([C@@H]2O[C@H](COP(=O)(O)OP(=O)(O)O[C@H]3O[C@H](C(=O)O)[C@@H](O)[C@H](O)[C@H]3O)[C@@H](O)[C@H]2O)c(=O)[nH]c1=O. The first-order valence-electron chi connectivity index (χ1n) is 10.5. The van der Waals surface area contributed by atoms with Gasteiger partial charge in [0.15, 0.2) is 18.6 Å². The van der Waals surface area contributed by atoms with Crippen molar-refractivity contribution in [3.63, 3.8) is 0 Å². The minimum Gasteiger partial charge on any atom is -0.479 e. The van der Waals surface area contributed by atoms with Gasteiger partial charge in [0, 0.05) is 11.1 Å². The Morgan fingerprint density at radius 2 is 1.70 bits per heavy atom. The average Bonchev–Trinajstić information content (AvgIpc) is 3.12. The lowest BCUT2D eigenvalue weighted by Crippen LogP contribution is -2.60. The number of carboxylic acids is 1. The Kier molecular flexibility index (Phi) is 9.69. The van der Waals surface area contributed by atoms with Crippen LogP contribution in [0.5, 0.6) is 0 Å². The number of ether oxygens (including phenoxy) is 2. The van der Waals surface area contributed by atoms with Gasteiger partial charge in [-0.2, -0.15) is 4.31 Å². The number of nitrogens with one attached hydrogen (secondary N) is 1. The predicted molar refractivity (Wildman–Crippen MR) is 118 cm³/mol. The summed E-state index contributed by atoms with van der Waals surface area (Å²) in [7, 11) is -11.4. The molecule has 3 heterocycles. The van der Waals surface area contributed by atoms with Gasteiger partial charge in [0.05, 0.1) is 6.61 Å². The molecule has 1 aromatic heterocycles. The highest BCUT2D eigenvalue weighted by atomic mass is 31.3. The summed E-state index contributed by atoms with van der Waals surface area (Å²) in [4.78, 5) is 58.6. The number of rotatable bonds is 10. The molecule has 2 aliphatic heterocycles. The Labute approximate surface area is 219 Å². The van der Waals surface area contributed by atoms with Crippen LogP contribution in [0.3, 0.4) is 0 Å². The van der Waals surface area contributed by atoms with E-state index in [9.17, 15) is 58.8 Å². The maximum absolute atomic E-state index is 12.2. The van der Waals surface area contributed by atoms with E-state index in [0.717, 1.165) is 0 Å². The lowest BCUT2D eigenvalue weighted by molar-refractivity contribution is -0.274. The fourth-order valence-corrected chi connectivity index (χ4v) is 5.65. The van der Waals surface area contributed by atoms with E-state index in [0.29, 0.717) is 10.8 Å². The number of nitrogens with zero attached hydrogens (tertiary/aromatic N) is 4. The van der Waals surface area contributed by atoms with E-state index in [1.807, 2.05) is 0 Å². The van der Waals surface area contributed by atoms with Crippen molar-refractivity contribution >= 4 is 27.3 Å². The van der Waals surface area contributed by atoms with E-state index in [2.05, 4.69) is 28.1 Å². The van der Waals surface area contributed by atoms with Gasteiger partial charge in [0.1, 0.15) is 42.3 Å². The van der Waals surface area contributed by atoms with Crippen LogP contribution in [0, 0.1) is 0 Å². The van der Waals surface area contributed by atoms with Crippen LogP contribution in [0.15, 0.2) is 20.9 Å². The van der Waals surface area contributed by atoms with Gasteiger partial charge in [-0.05, 0) is 5.53 Å². The van der Waals surface area contributed by atoms with Crippen molar-refractivity contribution < 1.29 is 77.2 Å². The Morgan fingerprint density at radius 1 is 1.05 bits per heavy atom. The molecule has 2 aliphatic rings. The van der Waals surface area contributed by atoms with E-state index in [4.69, 9.17) is 15.4 Å². The van der Waals surface area contributed by atoms with Crippen LogP contribution in [0.4, 0.5) is 5.69 Å². The van der Waals surface area contributed by atoms with Crippen LogP contribution in [-0.4, -0.2) is 112 Å². The second kappa shape index (κ2) is 12.1. The topological polar surface area (TPSA) is 363 Å². The van der Waals surface area contributed by atoms with Crippen LogP contribution in [-0.2, 0) is 36.8 Å². The molecule has 11 atom stereocenters. The molecule has 2 fully saturated rings. The highest BCUT2D eigenvalue weighted by Gasteiger charge is 2.51. The first-order chi connectivity index (χ1) is 18.5. The second-order valence-electron chi connectivity index (χ2n) is 8.07. The lowest BCUT2D eigenvalue weighted by Gasteiger charge is -2.38. The van der Waals surface area contributed by atoms with E-state index >= 15 is 0 Å². The van der Waals surface area contributed by atoms with Crippen LogP contribution >= 0.6 is 15.6 Å². The van der Waals surface area contributed by atoms with Gasteiger partial charge in [0.25, 0.3) is 5.56 Å². The molecule has 0 saturated carbocycles. The van der Waals surface area contributed by atoms with Crippen molar-refractivity contribution in [1.29, 1.82) is 0 Å². The average molecular weight is 621 g/mol. The molecule has 0 bridgehead atoms. The van der Waals surface area contributed by atoms with Crippen LogP contribution in [0.2, 0.25) is 0 Å². The van der Waals surface area contributed by atoms with Crippen LogP contribution in [0.25, 0.3) is 10.4 Å². The van der Waals surface area contributed by atoms with Gasteiger partial charge >= 0.3 is 27.3 Å². The molecule has 2 unspecified atom stereocenters. The quantitative estimate of drug-likeness (QED) is 0.0524. The minimum absolute atomic E-state index is 0.523. The zero-order valence-corrected chi connectivity index (χ0v) is 21.1. The summed E-state index contributed by atoms with van der Waals surface area (Å²) in [5.41, 5.74) is 5.62. The molecule has 40 heavy (non-hydrogen) atoms. The van der Waals surface area contributed by atoms with E-state index < -0.39 is 100 Å². The number of carbonyl (C=O) groups is 1. The third-order valence-corrected chi connectivity index (χ3v) is 7.97. The fraction of sp³-hybridized carbons (Fsp3) is 0.667. The first kappa shape index (κ1) is 32.0. The number of H-pyrrole nitrogens is 1. The van der Waals surface area contributed by atoms with Crippen molar-refractivity contribution in [3.05, 3.63) is 37.5 Å². The third kappa shape index (κ3) is 7.01. The van der Waals surface area contributed by atoms with Crippen molar-refractivity contribution in [2.75, 3.05) is 6.61 Å². The summed E-state index contributed by atoms with van der Waals surface area (Å²) in [5, 5.41) is 61.6. The summed E-state index contributed by atoms with van der Waals surface area (Å²) in [5.74, 6) is -1.87. The zero-order chi connectivity index (χ0) is 30.2. The molecule has 224 valence electrons. The molecule has 3 rings (SSSR count). The molecule has 2 saturated heterocycles. The molecular weight excluding hydrogens is 600 g/mol. The molecule has 0 spiro atoms. The lowest BCUT2D eigenvalue weighted by atomic mass is 9.99. The van der Waals surface area contributed by atoms with Gasteiger partial charge in [-0.15, -0.1) is 0 Å². The molecule has 0 aromatic carbocycles. The van der Waals surface area contributed by atoms with Crippen molar-refractivity contribution in [1.82, 2.24) is 9.55 Å². The standard InChI is InChI=1S/C15H21N5O18P2/c16-19-18-3-1-20(15(29)17-11(3)26)12-8(24)5(21)4(35-12)2-34-39(30,31)38-40(32,33)37-14-9(25)6(22)7(23)10(36-14)13(27)28/h1,4-10,12,14,21-25H,2H2,(H,27,28)(H,30,31)(H,32,33)(H,17,26,29)/t4-,5-,6+,7+,8-,9-,10+,12-,14-/m1/s1. The highest BCUT2D eigenvalue weighted by molar-refractivity contribution is 7.61. The number of hydrogen-bond acceptors (Lipinski definition) is 16. The monoisotopic (exact) mass is 621 g/mol. The molecule has 0 amide bonds. The molecular formula is C15H21N5O18P2. The van der Waals surface area contributed by atoms with E-state index in [-0.39, 0.29) is 0 Å². The maximum Gasteiger partial charge on any atom is 0.483 e. The number of aromatic amines is 1. The summed E-state index contributed by atoms with van der Waals surface area (Å²) in [6, 6.07) is 0. The van der Waals surface area contributed by atoms with E-state index in [1.54, 1.807) is 4.98 Å². The number of aromatic nitrogens is 2. The predicted octanol–water partition coefficient (Wildman–Crippen LogP) is -3.76. The van der Waals surface area contributed by atoms with Gasteiger partial charge in [-0.3, -0.25) is 23.4 Å². The van der Waals surface area contributed by atoms with Crippen LogP contribution in [0.1, 0.15) is 6.23 Å². The molecule has 25 heteroatoms. The number of hydrogen-bond donors (Lipinski definition) is 9. The Morgan fingerprint density at radius 3 is 2.30 bits per heavy atom. The summed E-state index contributed by atoms with van der Waals surface area (Å²) >= 11 is 0. The third-order valence-electron chi connectivity index (χ3n) is 5.37. The largest absolute Gasteiger partial charge is 0.483 e. The first-order valence-corrected chi connectivity index (χ1v) is 13.5. The second-order valence-corrected chi connectivity index (χ2v) is 11.1. The summed E-state index contributed by atoms with van der Waals surface area (Å²) in [6.45, 7) is -1.15. The van der Waals surface area contributed by atoms with Crippen molar-refractivity contribution in [2.45, 2.75) is 55.2 Å². The van der Waals surface area contributed by atoms with Gasteiger partial charge < -0.3 is 49.9 Å². The van der Waals surface area contributed by atoms with Crippen molar-refractivity contribution in [3.8, 4) is 0 Å². The fourth-order valence-electron chi connectivity index (χ4n) is 3.49. The van der Waals surface area contributed by atoms with Gasteiger partial charge in [0.2, 0.25) is 0 Å². The number of aliphatic carboxylic acids is 1. The normalized spacial score (nSPS) is 35.3. The summed E-state index contributed by atoms with van der Waals surface area (Å²) < 4.78 is 47.5. The highest BCUT2D eigenvalue weighted by Crippen LogP contribution is 2.61. The van der Waals surface area contributed by atoms with E-state index in [1.165, 1.54) is 0 Å².